The number of fused-ring (bicyclic) bond motifs is 1. The highest BCUT2D eigenvalue weighted by Gasteiger charge is 2.21. The Morgan fingerprint density at radius 1 is 1.29 bits per heavy atom. The van der Waals surface area contributed by atoms with Crippen molar-refractivity contribution < 1.29 is 0 Å². The molecule has 1 N–H and O–H groups in total. The first-order valence-corrected chi connectivity index (χ1v) is 8.68. The van der Waals surface area contributed by atoms with E-state index < -0.39 is 0 Å². The molecule has 2 nitrogen and oxygen atoms in total. The zero-order valence-corrected chi connectivity index (χ0v) is 14.0. The lowest BCUT2D eigenvalue weighted by molar-refractivity contribution is 0.456. The van der Waals surface area contributed by atoms with Crippen LogP contribution >= 0.6 is 11.3 Å². The molecule has 2 aromatic rings. The number of nitrogens with zero attached hydrogens (tertiary/aromatic N) is 1. The van der Waals surface area contributed by atoms with Gasteiger partial charge in [0.05, 0.1) is 10.7 Å². The van der Waals surface area contributed by atoms with E-state index in [1.807, 2.05) is 0 Å². The molecule has 0 saturated heterocycles. The quantitative estimate of drug-likeness (QED) is 0.895. The molecule has 0 fully saturated rings. The fourth-order valence-corrected chi connectivity index (χ4v) is 3.83. The van der Waals surface area contributed by atoms with Crippen molar-refractivity contribution in [3.05, 3.63) is 51.5 Å². The number of hydrogen-bond acceptors (Lipinski definition) is 3. The summed E-state index contributed by atoms with van der Waals surface area (Å²) >= 11 is 1.78. The normalized spacial score (nSPS) is 18.5. The second-order valence-corrected chi connectivity index (χ2v) is 7.78. The minimum Gasteiger partial charge on any atom is -0.304 e. The molecule has 0 spiro atoms. The van der Waals surface area contributed by atoms with Gasteiger partial charge in [-0.2, -0.15) is 0 Å². The van der Waals surface area contributed by atoms with Gasteiger partial charge in [0.15, 0.2) is 0 Å². The molecule has 0 amide bonds. The Morgan fingerprint density at radius 2 is 2.10 bits per heavy atom. The monoisotopic (exact) mass is 300 g/mol. The highest BCUT2D eigenvalue weighted by molar-refractivity contribution is 7.09. The van der Waals surface area contributed by atoms with Gasteiger partial charge in [-0.25, -0.2) is 4.98 Å². The van der Waals surface area contributed by atoms with Gasteiger partial charge < -0.3 is 5.32 Å². The second kappa shape index (κ2) is 5.90. The van der Waals surface area contributed by atoms with Gasteiger partial charge in [0.1, 0.15) is 0 Å². The fraction of sp³-hybridized carbons (Fsp3) is 0.500. The number of thiazole rings is 1. The van der Waals surface area contributed by atoms with E-state index in [0.717, 1.165) is 6.54 Å². The van der Waals surface area contributed by atoms with Gasteiger partial charge in [0.25, 0.3) is 0 Å². The van der Waals surface area contributed by atoms with E-state index in [1.165, 1.54) is 41.1 Å². The van der Waals surface area contributed by atoms with E-state index in [1.54, 1.807) is 11.3 Å². The maximum Gasteiger partial charge on any atom is 0.0982 e. The minimum atomic E-state index is 0.153. The van der Waals surface area contributed by atoms with Crippen LogP contribution < -0.4 is 5.32 Å². The molecule has 0 aliphatic heterocycles. The van der Waals surface area contributed by atoms with Crippen LogP contribution in [0.2, 0.25) is 0 Å². The van der Waals surface area contributed by atoms with E-state index in [-0.39, 0.29) is 5.41 Å². The lowest BCUT2D eigenvalue weighted by Gasteiger charge is -2.26. The molecule has 0 bridgehead atoms. The third-order valence-corrected chi connectivity index (χ3v) is 5.41. The highest BCUT2D eigenvalue weighted by atomic mass is 32.1. The lowest BCUT2D eigenvalue weighted by atomic mass is 9.88. The molecule has 1 heterocycles. The number of hydrogen-bond donors (Lipinski definition) is 1. The van der Waals surface area contributed by atoms with Gasteiger partial charge in [-0.15, -0.1) is 11.3 Å². The molecular formula is C18H24N2S. The summed E-state index contributed by atoms with van der Waals surface area (Å²) in [6.07, 6.45) is 3.73. The summed E-state index contributed by atoms with van der Waals surface area (Å²) in [6, 6.07) is 9.32. The third kappa shape index (κ3) is 3.35. The Kier molecular flexibility index (Phi) is 4.14. The van der Waals surface area contributed by atoms with Crippen molar-refractivity contribution in [1.82, 2.24) is 10.3 Å². The summed E-state index contributed by atoms with van der Waals surface area (Å²) in [4.78, 5) is 4.78. The molecule has 0 radical (unpaired) electrons. The van der Waals surface area contributed by atoms with Crippen molar-refractivity contribution in [2.75, 3.05) is 0 Å². The zero-order chi connectivity index (χ0) is 14.9. The summed E-state index contributed by atoms with van der Waals surface area (Å²) in [5, 5.41) is 7.13. The molecule has 1 atom stereocenters. The first-order chi connectivity index (χ1) is 10.0. The molecule has 21 heavy (non-hydrogen) atoms. The van der Waals surface area contributed by atoms with Crippen LogP contribution in [0.5, 0.6) is 0 Å². The SMILES string of the molecule is CC(C)(C)c1nc(CNC2CCCc3ccccc32)cs1. The average Bonchev–Trinajstić information content (AvgIpc) is 2.94. The van der Waals surface area contributed by atoms with Gasteiger partial charge in [-0.1, -0.05) is 45.0 Å². The van der Waals surface area contributed by atoms with E-state index >= 15 is 0 Å². The van der Waals surface area contributed by atoms with Crippen LogP contribution in [0.15, 0.2) is 29.6 Å². The van der Waals surface area contributed by atoms with E-state index in [0.29, 0.717) is 6.04 Å². The van der Waals surface area contributed by atoms with Crippen LogP contribution in [0.4, 0.5) is 0 Å². The fourth-order valence-electron chi connectivity index (χ4n) is 2.93. The van der Waals surface area contributed by atoms with Crippen LogP contribution in [-0.2, 0) is 18.4 Å². The van der Waals surface area contributed by atoms with E-state index in [4.69, 9.17) is 4.98 Å². The zero-order valence-electron chi connectivity index (χ0n) is 13.1. The predicted octanol–water partition coefficient (Wildman–Crippen LogP) is 4.61. The van der Waals surface area contributed by atoms with Crippen LogP contribution in [0.1, 0.15) is 61.5 Å². The molecule has 0 saturated carbocycles. The first kappa shape index (κ1) is 14.7. The third-order valence-electron chi connectivity index (χ3n) is 4.09. The van der Waals surface area contributed by atoms with Crippen LogP contribution in [0, 0.1) is 0 Å². The molecule has 1 aromatic carbocycles. The standard InChI is InChI=1S/C18H24N2S/c1-18(2,3)17-20-14(12-21-17)11-19-16-10-6-8-13-7-4-5-9-15(13)16/h4-5,7,9,12,16,19H,6,8,10-11H2,1-3H3. The number of benzene rings is 1. The van der Waals surface area contributed by atoms with Crippen molar-refractivity contribution >= 4 is 11.3 Å². The Bertz CT molecular complexity index is 610. The Morgan fingerprint density at radius 3 is 2.86 bits per heavy atom. The molecule has 1 unspecified atom stereocenters. The number of aryl methyl sites for hydroxylation is 1. The number of nitrogens with one attached hydrogen (secondary N) is 1. The average molecular weight is 300 g/mol. The van der Waals surface area contributed by atoms with Crippen molar-refractivity contribution in [3.63, 3.8) is 0 Å². The molecule has 1 aromatic heterocycles. The molecule has 1 aliphatic carbocycles. The summed E-state index contributed by atoms with van der Waals surface area (Å²) in [6.45, 7) is 7.53. The smallest absolute Gasteiger partial charge is 0.0982 e. The van der Waals surface area contributed by atoms with Crippen LogP contribution in [-0.4, -0.2) is 4.98 Å². The van der Waals surface area contributed by atoms with Gasteiger partial charge in [0.2, 0.25) is 0 Å². The molecule has 3 heteroatoms. The number of rotatable bonds is 3. The first-order valence-electron chi connectivity index (χ1n) is 7.80. The Hall–Kier alpha value is -1.19. The molecule has 3 rings (SSSR count). The minimum absolute atomic E-state index is 0.153. The van der Waals surface area contributed by atoms with Gasteiger partial charge in [-0.05, 0) is 30.4 Å². The molecule has 1 aliphatic rings. The second-order valence-electron chi connectivity index (χ2n) is 6.92. The van der Waals surface area contributed by atoms with E-state index in [9.17, 15) is 0 Å². The molecule has 112 valence electrons. The van der Waals surface area contributed by atoms with Crippen molar-refractivity contribution in [3.8, 4) is 0 Å². The van der Waals surface area contributed by atoms with Gasteiger partial charge in [0, 0.05) is 23.4 Å². The Labute approximate surface area is 131 Å². The summed E-state index contributed by atoms with van der Waals surface area (Å²) in [5.41, 5.74) is 4.32. The number of aromatic nitrogens is 1. The molecular weight excluding hydrogens is 276 g/mol. The highest BCUT2D eigenvalue weighted by Crippen LogP contribution is 2.30. The maximum atomic E-state index is 4.78. The topological polar surface area (TPSA) is 24.9 Å². The van der Waals surface area contributed by atoms with Crippen molar-refractivity contribution in [1.29, 1.82) is 0 Å². The summed E-state index contributed by atoms with van der Waals surface area (Å²) < 4.78 is 0. The Balaban J connectivity index is 1.68. The van der Waals surface area contributed by atoms with Crippen molar-refractivity contribution in [2.45, 2.75) is 58.0 Å². The predicted molar refractivity (Wildman–Crippen MR) is 89.8 cm³/mol. The largest absolute Gasteiger partial charge is 0.304 e. The van der Waals surface area contributed by atoms with Gasteiger partial charge in [-0.3, -0.25) is 0 Å². The summed E-state index contributed by atoms with van der Waals surface area (Å²) in [7, 11) is 0. The van der Waals surface area contributed by atoms with Gasteiger partial charge >= 0.3 is 0 Å². The summed E-state index contributed by atoms with van der Waals surface area (Å²) in [5.74, 6) is 0. The maximum absolute atomic E-state index is 4.78. The van der Waals surface area contributed by atoms with Crippen LogP contribution in [0.25, 0.3) is 0 Å². The lowest BCUT2D eigenvalue weighted by Crippen LogP contribution is -2.25. The van der Waals surface area contributed by atoms with Crippen LogP contribution in [0.3, 0.4) is 0 Å². The van der Waals surface area contributed by atoms with E-state index in [2.05, 4.69) is 55.7 Å². The van der Waals surface area contributed by atoms with Crippen molar-refractivity contribution in [2.24, 2.45) is 0 Å².